The van der Waals surface area contributed by atoms with Crippen LogP contribution < -0.4 is 15.7 Å². The standard InChI is InChI=1S/C21H20N4O4/c1-14-11-19(26)24-21(23-14)25-22-12-17-5-3-4-6-18(17)29-13-15-7-9-16(10-8-15)20(27)28-2/h3-12H,13H2,1-2H3,(H2,23,24,25,26). The van der Waals surface area contributed by atoms with Gasteiger partial charge < -0.3 is 9.47 Å². The van der Waals surface area contributed by atoms with Gasteiger partial charge in [0.2, 0.25) is 5.95 Å². The number of hydrogen-bond acceptors (Lipinski definition) is 7. The van der Waals surface area contributed by atoms with Crippen molar-refractivity contribution in [1.82, 2.24) is 9.97 Å². The predicted molar refractivity (Wildman–Crippen MR) is 109 cm³/mol. The number of aromatic nitrogens is 2. The van der Waals surface area contributed by atoms with Crippen molar-refractivity contribution in [2.75, 3.05) is 12.5 Å². The van der Waals surface area contributed by atoms with Gasteiger partial charge >= 0.3 is 5.97 Å². The summed E-state index contributed by atoms with van der Waals surface area (Å²) in [5.74, 6) is 0.520. The number of para-hydroxylation sites is 1. The molecule has 2 aromatic carbocycles. The van der Waals surface area contributed by atoms with Crippen LogP contribution >= 0.6 is 0 Å². The fourth-order valence-corrected chi connectivity index (χ4v) is 2.53. The summed E-state index contributed by atoms with van der Waals surface area (Å²) < 4.78 is 10.6. The molecule has 1 heterocycles. The summed E-state index contributed by atoms with van der Waals surface area (Å²) >= 11 is 0. The molecular weight excluding hydrogens is 372 g/mol. The molecule has 2 N–H and O–H groups in total. The highest BCUT2D eigenvalue weighted by Crippen LogP contribution is 2.18. The molecule has 0 fully saturated rings. The number of hydrazone groups is 1. The van der Waals surface area contributed by atoms with Gasteiger partial charge in [-0.25, -0.2) is 15.2 Å². The molecule has 0 aliphatic rings. The molecule has 0 unspecified atom stereocenters. The zero-order valence-electron chi connectivity index (χ0n) is 16.0. The Balaban J connectivity index is 1.65. The Labute approximate surface area is 167 Å². The zero-order chi connectivity index (χ0) is 20.6. The van der Waals surface area contributed by atoms with E-state index in [-0.39, 0.29) is 17.5 Å². The summed E-state index contributed by atoms with van der Waals surface area (Å²) in [7, 11) is 1.35. The number of rotatable bonds is 7. The summed E-state index contributed by atoms with van der Waals surface area (Å²) in [6.45, 7) is 2.05. The Bertz CT molecular complexity index is 1070. The molecule has 0 aliphatic carbocycles. The van der Waals surface area contributed by atoms with Crippen molar-refractivity contribution in [3.05, 3.63) is 87.3 Å². The van der Waals surface area contributed by atoms with Crippen molar-refractivity contribution in [3.8, 4) is 5.75 Å². The van der Waals surface area contributed by atoms with E-state index in [1.54, 1.807) is 25.3 Å². The zero-order valence-corrected chi connectivity index (χ0v) is 16.0. The van der Waals surface area contributed by atoms with Gasteiger partial charge in [0.1, 0.15) is 12.4 Å². The van der Waals surface area contributed by atoms with E-state index < -0.39 is 0 Å². The first-order chi connectivity index (χ1) is 14.0. The van der Waals surface area contributed by atoms with E-state index in [0.717, 1.165) is 11.1 Å². The molecule has 0 spiro atoms. The lowest BCUT2D eigenvalue weighted by Gasteiger charge is -2.09. The van der Waals surface area contributed by atoms with Gasteiger partial charge in [0.25, 0.3) is 5.56 Å². The van der Waals surface area contributed by atoms with Crippen LogP contribution in [0.2, 0.25) is 0 Å². The number of anilines is 1. The average molecular weight is 392 g/mol. The van der Waals surface area contributed by atoms with Crippen molar-refractivity contribution >= 4 is 18.1 Å². The molecule has 0 saturated carbocycles. The highest BCUT2D eigenvalue weighted by atomic mass is 16.5. The van der Waals surface area contributed by atoms with Crippen LogP contribution in [0.4, 0.5) is 5.95 Å². The number of nitrogens with one attached hydrogen (secondary N) is 2. The Morgan fingerprint density at radius 3 is 2.69 bits per heavy atom. The van der Waals surface area contributed by atoms with Crippen molar-refractivity contribution in [3.63, 3.8) is 0 Å². The number of carbonyl (C=O) groups excluding carboxylic acids is 1. The number of aryl methyl sites for hydroxylation is 1. The molecule has 0 amide bonds. The van der Waals surface area contributed by atoms with E-state index in [2.05, 4.69) is 25.2 Å². The van der Waals surface area contributed by atoms with Crippen LogP contribution in [-0.2, 0) is 11.3 Å². The normalized spacial score (nSPS) is 10.7. The van der Waals surface area contributed by atoms with E-state index in [9.17, 15) is 9.59 Å². The third kappa shape index (κ3) is 5.52. The molecular formula is C21H20N4O4. The maximum Gasteiger partial charge on any atom is 0.337 e. The summed E-state index contributed by atoms with van der Waals surface area (Å²) in [5.41, 5.74) is 5.18. The summed E-state index contributed by atoms with van der Waals surface area (Å²) in [5, 5.41) is 4.11. The minimum atomic E-state index is -0.379. The maximum absolute atomic E-state index is 11.5. The lowest BCUT2D eigenvalue weighted by Crippen LogP contribution is -2.10. The van der Waals surface area contributed by atoms with E-state index in [1.165, 1.54) is 13.2 Å². The number of aromatic amines is 1. The number of esters is 1. The number of hydrogen-bond donors (Lipinski definition) is 2. The minimum Gasteiger partial charge on any atom is -0.488 e. The van der Waals surface area contributed by atoms with Crippen molar-refractivity contribution in [2.24, 2.45) is 5.10 Å². The quantitative estimate of drug-likeness (QED) is 0.364. The first-order valence-electron chi connectivity index (χ1n) is 8.81. The summed E-state index contributed by atoms with van der Waals surface area (Å²) in [4.78, 5) is 29.7. The van der Waals surface area contributed by atoms with Crippen molar-refractivity contribution < 1.29 is 14.3 Å². The molecule has 8 heteroatoms. The maximum atomic E-state index is 11.5. The van der Waals surface area contributed by atoms with Crippen LogP contribution in [0, 0.1) is 6.92 Å². The Kier molecular flexibility index (Phi) is 6.36. The van der Waals surface area contributed by atoms with Crippen LogP contribution in [0.25, 0.3) is 0 Å². The fraction of sp³-hybridized carbons (Fsp3) is 0.143. The minimum absolute atomic E-state index is 0.253. The topological polar surface area (TPSA) is 106 Å². The SMILES string of the molecule is COC(=O)c1ccc(COc2ccccc2C=NNc2nc(C)cc(=O)[nH]2)cc1. The van der Waals surface area contributed by atoms with Gasteiger partial charge in [-0.2, -0.15) is 5.10 Å². The van der Waals surface area contributed by atoms with E-state index in [0.29, 0.717) is 23.6 Å². The third-order valence-corrected chi connectivity index (χ3v) is 3.93. The second kappa shape index (κ2) is 9.32. The number of carbonyl (C=O) groups is 1. The predicted octanol–water partition coefficient (Wildman–Crippen LogP) is 2.89. The molecule has 29 heavy (non-hydrogen) atoms. The Hall–Kier alpha value is -3.94. The lowest BCUT2D eigenvalue weighted by atomic mass is 10.1. The number of methoxy groups -OCH3 is 1. The summed E-state index contributed by atoms with van der Waals surface area (Å²) in [6.07, 6.45) is 1.58. The van der Waals surface area contributed by atoms with Gasteiger partial charge in [-0.15, -0.1) is 0 Å². The van der Waals surface area contributed by atoms with Crippen LogP contribution in [0.15, 0.2) is 64.5 Å². The van der Waals surface area contributed by atoms with E-state index >= 15 is 0 Å². The third-order valence-electron chi connectivity index (χ3n) is 3.93. The molecule has 3 rings (SSSR count). The molecule has 8 nitrogen and oxygen atoms in total. The molecule has 0 atom stereocenters. The first kappa shape index (κ1) is 19.8. The van der Waals surface area contributed by atoms with Crippen molar-refractivity contribution in [2.45, 2.75) is 13.5 Å². The average Bonchev–Trinajstić information content (AvgIpc) is 2.72. The molecule has 0 radical (unpaired) electrons. The largest absolute Gasteiger partial charge is 0.488 e. The summed E-state index contributed by atoms with van der Waals surface area (Å²) in [6, 6.07) is 15.8. The van der Waals surface area contributed by atoms with Gasteiger partial charge in [-0.1, -0.05) is 24.3 Å². The molecule has 3 aromatic rings. The van der Waals surface area contributed by atoms with E-state index in [1.807, 2.05) is 36.4 Å². The lowest BCUT2D eigenvalue weighted by molar-refractivity contribution is 0.0600. The highest BCUT2D eigenvalue weighted by Gasteiger charge is 2.06. The molecule has 0 aliphatic heterocycles. The van der Waals surface area contributed by atoms with Gasteiger partial charge in [-0.3, -0.25) is 9.78 Å². The first-order valence-corrected chi connectivity index (χ1v) is 8.81. The highest BCUT2D eigenvalue weighted by molar-refractivity contribution is 5.89. The van der Waals surface area contributed by atoms with Gasteiger partial charge in [-0.05, 0) is 36.8 Å². The Morgan fingerprint density at radius 2 is 1.97 bits per heavy atom. The molecule has 1 aromatic heterocycles. The van der Waals surface area contributed by atoms with E-state index in [4.69, 9.17) is 4.74 Å². The second-order valence-corrected chi connectivity index (χ2v) is 6.12. The molecule has 0 bridgehead atoms. The molecule has 148 valence electrons. The number of H-pyrrole nitrogens is 1. The smallest absolute Gasteiger partial charge is 0.337 e. The second-order valence-electron chi connectivity index (χ2n) is 6.12. The van der Waals surface area contributed by atoms with Gasteiger partial charge in [0.05, 0.1) is 18.9 Å². The van der Waals surface area contributed by atoms with Crippen molar-refractivity contribution in [1.29, 1.82) is 0 Å². The number of nitrogens with zero attached hydrogens (tertiary/aromatic N) is 2. The van der Waals surface area contributed by atoms with Crippen LogP contribution in [0.1, 0.15) is 27.2 Å². The van der Waals surface area contributed by atoms with Crippen LogP contribution in [-0.4, -0.2) is 29.3 Å². The number of ether oxygens (including phenoxy) is 2. The van der Waals surface area contributed by atoms with Gasteiger partial charge in [0.15, 0.2) is 0 Å². The fourth-order valence-electron chi connectivity index (χ4n) is 2.53. The molecule has 0 saturated heterocycles. The van der Waals surface area contributed by atoms with Crippen LogP contribution in [0.3, 0.4) is 0 Å². The van der Waals surface area contributed by atoms with Gasteiger partial charge in [0, 0.05) is 17.3 Å². The van der Waals surface area contributed by atoms with Crippen LogP contribution in [0.5, 0.6) is 5.75 Å². The monoisotopic (exact) mass is 392 g/mol. The Morgan fingerprint density at radius 1 is 1.21 bits per heavy atom. The number of benzene rings is 2.